The summed E-state index contributed by atoms with van der Waals surface area (Å²) in [5.41, 5.74) is 6.59. The number of nitrogens with one attached hydrogen (secondary N) is 2. The van der Waals surface area contributed by atoms with Crippen LogP contribution in [0.15, 0.2) is 48.8 Å². The average Bonchev–Trinajstić information content (AvgIpc) is 3.94. The molecule has 3 atom stereocenters. The molecule has 6 aliphatic heterocycles. The van der Waals surface area contributed by atoms with E-state index in [1.54, 1.807) is 24.5 Å². The highest BCUT2D eigenvalue weighted by atomic mass is 19.4. The number of pyridine rings is 1. The SMILES string of the molecule is C[C@@H]1Cc2c(ccc3[nH]ncc23)[C@@H](c2ccc(N3CCC4(CCN(C(=O)CN5Cc6cc7c(cc6C5)C(=O)N(C5CCC(=O)NC5=O)C7=O)CC4)CC3)cn2)N1CC(F)(F)F. The van der Waals surface area contributed by atoms with E-state index in [1.807, 2.05) is 41.0 Å². The van der Waals surface area contributed by atoms with Gasteiger partial charge in [-0.05, 0) is 103 Å². The lowest BCUT2D eigenvalue weighted by Gasteiger charge is -2.47. The van der Waals surface area contributed by atoms with E-state index in [0.29, 0.717) is 38.3 Å². The number of fused-ring (bicyclic) bond motifs is 5. The molecule has 61 heavy (non-hydrogen) atoms. The van der Waals surface area contributed by atoms with Gasteiger partial charge in [-0.1, -0.05) is 6.07 Å². The van der Waals surface area contributed by atoms with E-state index >= 15 is 0 Å². The van der Waals surface area contributed by atoms with Crippen LogP contribution < -0.4 is 10.2 Å². The maximum Gasteiger partial charge on any atom is 0.401 e. The second kappa shape index (κ2) is 14.8. The van der Waals surface area contributed by atoms with E-state index in [0.717, 1.165) is 82.5 Å². The maximum absolute atomic E-state index is 13.9. The fraction of sp³-hybridized carbons (Fsp3) is 0.477. The van der Waals surface area contributed by atoms with Gasteiger partial charge in [-0.25, -0.2) is 0 Å². The largest absolute Gasteiger partial charge is 0.401 e. The third-order valence-corrected chi connectivity index (χ3v) is 14.1. The number of carbonyl (C=O) groups excluding carboxylic acids is 5. The number of hydrogen-bond donors (Lipinski definition) is 2. The molecule has 0 aliphatic carbocycles. The summed E-state index contributed by atoms with van der Waals surface area (Å²) in [7, 11) is 0. The van der Waals surface area contributed by atoms with Crippen molar-refractivity contribution < 1.29 is 37.1 Å². The van der Waals surface area contributed by atoms with Crippen molar-refractivity contribution in [1.82, 2.24) is 40.1 Å². The first-order valence-electron chi connectivity index (χ1n) is 21.1. The van der Waals surface area contributed by atoms with E-state index in [4.69, 9.17) is 4.98 Å². The van der Waals surface area contributed by atoms with Gasteiger partial charge in [0.15, 0.2) is 0 Å². The Balaban J connectivity index is 0.739. The van der Waals surface area contributed by atoms with E-state index in [-0.39, 0.29) is 47.9 Å². The Morgan fingerprint density at radius 1 is 0.902 bits per heavy atom. The molecule has 2 N–H and O–H groups in total. The molecule has 318 valence electrons. The number of benzene rings is 2. The highest BCUT2D eigenvalue weighted by Gasteiger charge is 2.46. The Morgan fingerprint density at radius 3 is 2.23 bits per heavy atom. The van der Waals surface area contributed by atoms with Gasteiger partial charge in [-0.3, -0.25) is 54.1 Å². The monoisotopic (exact) mass is 837 g/mol. The molecule has 0 radical (unpaired) electrons. The third kappa shape index (κ3) is 7.04. The number of halogens is 3. The summed E-state index contributed by atoms with van der Waals surface area (Å²) in [6, 6.07) is 9.04. The highest BCUT2D eigenvalue weighted by Crippen LogP contribution is 2.44. The summed E-state index contributed by atoms with van der Waals surface area (Å²) in [6.45, 7) is 4.95. The molecule has 4 aromatic rings. The minimum atomic E-state index is -4.36. The van der Waals surface area contributed by atoms with Gasteiger partial charge < -0.3 is 9.80 Å². The zero-order valence-electron chi connectivity index (χ0n) is 33.8. The average molecular weight is 838 g/mol. The molecule has 0 saturated carbocycles. The van der Waals surface area contributed by atoms with Crippen molar-refractivity contribution in [3.8, 4) is 0 Å². The lowest BCUT2D eigenvalue weighted by molar-refractivity contribution is -0.155. The fourth-order valence-corrected chi connectivity index (χ4v) is 10.8. The van der Waals surface area contributed by atoms with Crippen LogP contribution in [0.2, 0.25) is 0 Å². The second-order valence-electron chi connectivity index (χ2n) is 17.8. The fourth-order valence-electron chi connectivity index (χ4n) is 10.8. The number of amides is 5. The van der Waals surface area contributed by atoms with Gasteiger partial charge in [0.05, 0.1) is 59.5 Å². The number of carbonyl (C=O) groups is 5. The standard InChI is InChI=1S/C44H46F3N9O5/c1-25-16-30-29(3-5-34-33(30)20-49-51-34)39(55(25)24-44(45,46)47)35-4-2-28(19-48-35)53-12-8-43(9-13-53)10-14-54(15-11-43)38(58)23-52-21-26-17-31-32(18-27(26)22-52)42(61)56(41(31)60)36-6-7-37(57)50-40(36)59/h2-5,17-20,25,36,39H,6-16,21-24H2,1H3,(H,49,51)(H,50,57,59)/t25-,36?,39+/m1/s1. The van der Waals surface area contributed by atoms with Crippen molar-refractivity contribution in [2.75, 3.05) is 44.2 Å². The number of likely N-dealkylation sites (tertiary alicyclic amines) is 1. The van der Waals surface area contributed by atoms with Crippen molar-refractivity contribution >= 4 is 46.1 Å². The Kier molecular flexibility index (Phi) is 9.54. The number of alkyl halides is 3. The summed E-state index contributed by atoms with van der Waals surface area (Å²) in [5.74, 6) is -2.09. The van der Waals surface area contributed by atoms with Gasteiger partial charge in [0.1, 0.15) is 6.04 Å². The van der Waals surface area contributed by atoms with Crippen molar-refractivity contribution in [1.29, 1.82) is 0 Å². The van der Waals surface area contributed by atoms with Gasteiger partial charge in [-0.2, -0.15) is 18.3 Å². The minimum absolute atomic E-state index is 0.0490. The smallest absolute Gasteiger partial charge is 0.370 e. The number of aromatic nitrogens is 3. The maximum atomic E-state index is 13.9. The van der Waals surface area contributed by atoms with E-state index in [9.17, 15) is 37.1 Å². The first-order valence-corrected chi connectivity index (χ1v) is 21.1. The predicted octanol–water partition coefficient (Wildman–Crippen LogP) is 4.48. The van der Waals surface area contributed by atoms with Crippen LogP contribution in [0, 0.1) is 5.41 Å². The van der Waals surface area contributed by atoms with Crippen LogP contribution in [0.5, 0.6) is 0 Å². The molecule has 0 bridgehead atoms. The van der Waals surface area contributed by atoms with Crippen molar-refractivity contribution in [3.05, 3.63) is 87.9 Å². The van der Waals surface area contributed by atoms with E-state index in [1.165, 1.54) is 4.90 Å². The molecule has 10 rings (SSSR count). The Hall–Kier alpha value is -5.68. The highest BCUT2D eigenvalue weighted by molar-refractivity contribution is 6.23. The summed E-state index contributed by atoms with van der Waals surface area (Å²) in [4.78, 5) is 77.9. The Labute approximate surface area is 349 Å². The van der Waals surface area contributed by atoms with Crippen LogP contribution >= 0.6 is 0 Å². The predicted molar refractivity (Wildman–Crippen MR) is 215 cm³/mol. The molecule has 8 heterocycles. The first kappa shape index (κ1) is 39.5. The molecule has 3 fully saturated rings. The molecule has 5 amide bonds. The number of anilines is 1. The van der Waals surface area contributed by atoms with Crippen molar-refractivity contribution in [2.24, 2.45) is 5.41 Å². The molecule has 17 heteroatoms. The minimum Gasteiger partial charge on any atom is -0.370 e. The molecule has 14 nitrogen and oxygen atoms in total. The van der Waals surface area contributed by atoms with Crippen LogP contribution in [0.25, 0.3) is 10.9 Å². The number of nitrogens with zero attached hydrogens (tertiary/aromatic N) is 7. The van der Waals surface area contributed by atoms with Gasteiger partial charge in [0.2, 0.25) is 17.7 Å². The van der Waals surface area contributed by atoms with Crippen LogP contribution in [0.1, 0.15) is 100 Å². The quantitative estimate of drug-likeness (QED) is 0.266. The van der Waals surface area contributed by atoms with Gasteiger partial charge in [0, 0.05) is 57.1 Å². The lowest BCUT2D eigenvalue weighted by Crippen LogP contribution is -2.54. The van der Waals surface area contributed by atoms with Crippen LogP contribution in [0.4, 0.5) is 18.9 Å². The Morgan fingerprint density at radius 2 is 1.59 bits per heavy atom. The first-order chi connectivity index (χ1) is 29.2. The topological polar surface area (TPSA) is 155 Å². The zero-order chi connectivity index (χ0) is 42.4. The van der Waals surface area contributed by atoms with Gasteiger partial charge in [0.25, 0.3) is 11.8 Å². The summed E-state index contributed by atoms with van der Waals surface area (Å²) < 4.78 is 41.7. The molecule has 2 aromatic heterocycles. The molecular weight excluding hydrogens is 792 g/mol. The number of H-pyrrole nitrogens is 1. The molecule has 1 spiro atoms. The van der Waals surface area contributed by atoms with Gasteiger partial charge in [-0.15, -0.1) is 0 Å². The molecule has 2 aromatic carbocycles. The molecule has 1 unspecified atom stereocenters. The molecule has 3 saturated heterocycles. The Bertz CT molecular complexity index is 2420. The van der Waals surface area contributed by atoms with Crippen molar-refractivity contribution in [3.63, 3.8) is 0 Å². The lowest BCUT2D eigenvalue weighted by atomic mass is 9.71. The van der Waals surface area contributed by atoms with Crippen LogP contribution in [-0.4, -0.2) is 122 Å². The third-order valence-electron chi connectivity index (χ3n) is 14.1. The van der Waals surface area contributed by atoms with E-state index in [2.05, 4.69) is 20.4 Å². The number of rotatable bonds is 6. The summed E-state index contributed by atoms with van der Waals surface area (Å²) in [5, 5.41) is 10.3. The van der Waals surface area contributed by atoms with Crippen LogP contribution in [-0.2, 0) is 33.9 Å². The molecular formula is C44H46F3N9O5. The second-order valence-corrected chi connectivity index (χ2v) is 17.8. The number of piperidine rings is 3. The summed E-state index contributed by atoms with van der Waals surface area (Å²) in [6.07, 6.45) is 3.57. The van der Waals surface area contributed by atoms with E-state index < -0.39 is 48.4 Å². The normalized spacial score (nSPS) is 24.4. The summed E-state index contributed by atoms with van der Waals surface area (Å²) >= 11 is 0. The number of aromatic amines is 1. The number of imide groups is 2. The molecule has 6 aliphatic rings. The van der Waals surface area contributed by atoms with Crippen LogP contribution in [0.3, 0.4) is 0 Å². The van der Waals surface area contributed by atoms with Crippen molar-refractivity contribution in [2.45, 2.75) is 89.3 Å². The van der Waals surface area contributed by atoms with Gasteiger partial charge >= 0.3 is 6.18 Å². The zero-order valence-corrected chi connectivity index (χ0v) is 33.8. The number of hydrogen-bond acceptors (Lipinski definition) is 10.